The Morgan fingerprint density at radius 3 is 2.65 bits per heavy atom. The summed E-state index contributed by atoms with van der Waals surface area (Å²) in [6.45, 7) is 3.42. The van der Waals surface area contributed by atoms with Gasteiger partial charge in [-0.05, 0) is 25.5 Å². The topological polar surface area (TPSA) is 73.4 Å². The number of carbonyl (C=O) groups is 2. The lowest BCUT2D eigenvalue weighted by Crippen LogP contribution is -2.41. The minimum Gasteiger partial charge on any atom is -0.480 e. The number of rotatable bonds is 4. The molecule has 0 fully saturated rings. The van der Waals surface area contributed by atoms with Crippen LogP contribution in [0.5, 0.6) is 0 Å². The van der Waals surface area contributed by atoms with Gasteiger partial charge in [-0.25, -0.2) is 4.79 Å². The molecule has 5 heteroatoms. The maximum Gasteiger partial charge on any atom is 0.326 e. The lowest BCUT2D eigenvalue weighted by Gasteiger charge is -2.21. The summed E-state index contributed by atoms with van der Waals surface area (Å²) in [7, 11) is 1.52. The number of carboxylic acids is 1. The Kier molecular flexibility index (Phi) is 3.79. The van der Waals surface area contributed by atoms with Gasteiger partial charge in [0.2, 0.25) is 5.91 Å². The van der Waals surface area contributed by atoms with Crippen LogP contribution >= 0.6 is 0 Å². The number of para-hydroxylation sites is 1. The molecule has 0 aliphatic carbocycles. The highest BCUT2D eigenvalue weighted by molar-refractivity contribution is 5.91. The molecule has 1 aromatic carbocycles. The van der Waals surface area contributed by atoms with Gasteiger partial charge < -0.3 is 15.0 Å². The normalized spacial score (nSPS) is 12.3. The van der Waals surface area contributed by atoms with Gasteiger partial charge in [0.15, 0.2) is 0 Å². The van der Waals surface area contributed by atoms with E-state index in [2.05, 4.69) is 4.98 Å². The van der Waals surface area contributed by atoms with E-state index in [-0.39, 0.29) is 12.3 Å². The van der Waals surface area contributed by atoms with Crippen molar-refractivity contribution in [3.8, 4) is 0 Å². The number of aliphatic carboxylic acids is 1. The molecular formula is C15H18N2O3. The summed E-state index contributed by atoms with van der Waals surface area (Å²) in [6.07, 6.45) is 0.198. The Hall–Kier alpha value is -2.30. The van der Waals surface area contributed by atoms with E-state index in [0.29, 0.717) is 0 Å². The van der Waals surface area contributed by atoms with E-state index in [0.717, 1.165) is 22.2 Å². The third kappa shape index (κ3) is 2.52. The molecule has 20 heavy (non-hydrogen) atoms. The summed E-state index contributed by atoms with van der Waals surface area (Å²) in [4.78, 5) is 27.6. The van der Waals surface area contributed by atoms with Crippen molar-refractivity contribution in [3.05, 3.63) is 35.5 Å². The molecule has 0 saturated carbocycles. The van der Waals surface area contributed by atoms with Crippen LogP contribution in [0.2, 0.25) is 0 Å². The summed E-state index contributed by atoms with van der Waals surface area (Å²) in [5.74, 6) is -1.20. The third-order valence-electron chi connectivity index (χ3n) is 3.69. The number of nitrogens with one attached hydrogen (secondary N) is 1. The standard InChI is InChI=1S/C15H18N2O3/c1-9-12(11-6-4-5-7-13(11)16-9)8-14(18)17(3)10(2)15(19)20/h4-7,10,16H,8H2,1-3H3,(H,19,20). The monoisotopic (exact) mass is 274 g/mol. The van der Waals surface area contributed by atoms with Crippen LogP contribution in [0.4, 0.5) is 0 Å². The average molecular weight is 274 g/mol. The van der Waals surface area contributed by atoms with Gasteiger partial charge in [0.1, 0.15) is 6.04 Å². The summed E-state index contributed by atoms with van der Waals surface area (Å²) in [6, 6.07) is 6.95. The molecule has 1 heterocycles. The van der Waals surface area contributed by atoms with E-state index in [1.165, 1.54) is 18.9 Å². The van der Waals surface area contributed by atoms with Crippen LogP contribution in [-0.2, 0) is 16.0 Å². The largest absolute Gasteiger partial charge is 0.480 e. The number of carbonyl (C=O) groups excluding carboxylic acids is 1. The van der Waals surface area contributed by atoms with Gasteiger partial charge >= 0.3 is 5.97 Å². The maximum absolute atomic E-state index is 12.2. The van der Waals surface area contributed by atoms with Gasteiger partial charge in [0.05, 0.1) is 6.42 Å². The fraction of sp³-hybridized carbons (Fsp3) is 0.333. The molecule has 2 aromatic rings. The number of aromatic amines is 1. The van der Waals surface area contributed by atoms with Crippen LogP contribution in [-0.4, -0.2) is 40.0 Å². The molecule has 1 atom stereocenters. The molecule has 0 bridgehead atoms. The van der Waals surface area contributed by atoms with Crippen LogP contribution in [0.25, 0.3) is 10.9 Å². The van der Waals surface area contributed by atoms with Crippen LogP contribution in [0.1, 0.15) is 18.2 Å². The van der Waals surface area contributed by atoms with Crippen molar-refractivity contribution in [3.63, 3.8) is 0 Å². The zero-order chi connectivity index (χ0) is 14.9. The van der Waals surface area contributed by atoms with E-state index in [4.69, 9.17) is 5.11 Å². The third-order valence-corrected chi connectivity index (χ3v) is 3.69. The molecule has 1 unspecified atom stereocenters. The summed E-state index contributed by atoms with van der Waals surface area (Å²) >= 11 is 0. The summed E-state index contributed by atoms with van der Waals surface area (Å²) in [5, 5.41) is 9.96. The molecule has 1 aromatic heterocycles. The first-order valence-corrected chi connectivity index (χ1v) is 6.46. The van der Waals surface area contributed by atoms with Gasteiger partial charge in [0, 0.05) is 23.6 Å². The predicted molar refractivity (Wildman–Crippen MR) is 76.6 cm³/mol. The van der Waals surface area contributed by atoms with E-state index < -0.39 is 12.0 Å². The van der Waals surface area contributed by atoms with Gasteiger partial charge in [-0.3, -0.25) is 4.79 Å². The van der Waals surface area contributed by atoms with Crippen molar-refractivity contribution in [1.29, 1.82) is 0 Å². The number of aromatic nitrogens is 1. The Morgan fingerprint density at radius 2 is 2.00 bits per heavy atom. The second-order valence-electron chi connectivity index (χ2n) is 4.97. The smallest absolute Gasteiger partial charge is 0.326 e. The lowest BCUT2D eigenvalue weighted by molar-refractivity contribution is -0.147. The first-order valence-electron chi connectivity index (χ1n) is 6.46. The number of hydrogen-bond acceptors (Lipinski definition) is 2. The highest BCUT2D eigenvalue weighted by Gasteiger charge is 2.23. The van der Waals surface area contributed by atoms with Gasteiger partial charge in [-0.1, -0.05) is 18.2 Å². The van der Waals surface area contributed by atoms with Crippen molar-refractivity contribution >= 4 is 22.8 Å². The lowest BCUT2D eigenvalue weighted by atomic mass is 10.1. The SMILES string of the molecule is Cc1[nH]c2ccccc2c1CC(=O)N(C)C(C)C(=O)O. The molecule has 0 radical (unpaired) electrons. The van der Waals surface area contributed by atoms with Crippen LogP contribution in [0, 0.1) is 6.92 Å². The molecule has 0 aliphatic heterocycles. The zero-order valence-corrected chi connectivity index (χ0v) is 11.8. The fourth-order valence-electron chi connectivity index (χ4n) is 2.22. The highest BCUT2D eigenvalue weighted by atomic mass is 16.4. The first-order chi connectivity index (χ1) is 9.41. The number of nitrogens with zero attached hydrogens (tertiary/aromatic N) is 1. The molecule has 1 amide bonds. The predicted octanol–water partition coefficient (Wildman–Crippen LogP) is 1.95. The number of likely N-dealkylation sites (N-methyl/N-ethyl adjacent to an activating group) is 1. The minimum absolute atomic E-state index is 0.198. The summed E-state index contributed by atoms with van der Waals surface area (Å²) < 4.78 is 0. The molecule has 106 valence electrons. The van der Waals surface area contributed by atoms with Crippen LogP contribution < -0.4 is 0 Å². The molecule has 5 nitrogen and oxygen atoms in total. The van der Waals surface area contributed by atoms with E-state index in [1.54, 1.807) is 0 Å². The minimum atomic E-state index is -1.00. The van der Waals surface area contributed by atoms with E-state index in [9.17, 15) is 9.59 Å². The molecular weight excluding hydrogens is 256 g/mol. The number of fused-ring (bicyclic) bond motifs is 1. The number of hydrogen-bond donors (Lipinski definition) is 2. The maximum atomic E-state index is 12.2. The molecule has 2 rings (SSSR count). The highest BCUT2D eigenvalue weighted by Crippen LogP contribution is 2.22. The van der Waals surface area contributed by atoms with E-state index >= 15 is 0 Å². The fourth-order valence-corrected chi connectivity index (χ4v) is 2.22. The Labute approximate surface area is 117 Å². The van der Waals surface area contributed by atoms with Gasteiger partial charge in [0.25, 0.3) is 0 Å². The number of aryl methyl sites for hydroxylation is 1. The van der Waals surface area contributed by atoms with Crippen LogP contribution in [0.15, 0.2) is 24.3 Å². The first kappa shape index (κ1) is 14.1. The molecule has 2 N–H and O–H groups in total. The van der Waals surface area contributed by atoms with Crippen molar-refractivity contribution in [2.24, 2.45) is 0 Å². The second-order valence-corrected chi connectivity index (χ2v) is 4.97. The molecule has 0 aliphatic rings. The number of benzene rings is 1. The van der Waals surface area contributed by atoms with E-state index in [1.807, 2.05) is 31.2 Å². The number of carboxylic acid groups (broad SMARTS) is 1. The van der Waals surface area contributed by atoms with Crippen LogP contribution in [0.3, 0.4) is 0 Å². The Balaban J connectivity index is 2.26. The number of H-pyrrole nitrogens is 1. The Bertz CT molecular complexity index is 660. The van der Waals surface area contributed by atoms with Crippen molar-refractivity contribution < 1.29 is 14.7 Å². The van der Waals surface area contributed by atoms with Gasteiger partial charge in [-0.2, -0.15) is 0 Å². The van der Waals surface area contributed by atoms with Crippen molar-refractivity contribution in [1.82, 2.24) is 9.88 Å². The molecule has 0 saturated heterocycles. The van der Waals surface area contributed by atoms with Crippen molar-refractivity contribution in [2.75, 3.05) is 7.05 Å². The van der Waals surface area contributed by atoms with Crippen molar-refractivity contribution in [2.45, 2.75) is 26.3 Å². The number of amides is 1. The second kappa shape index (κ2) is 5.36. The summed E-state index contributed by atoms with van der Waals surface area (Å²) in [5.41, 5.74) is 2.85. The Morgan fingerprint density at radius 1 is 1.35 bits per heavy atom. The zero-order valence-electron chi connectivity index (χ0n) is 11.8. The average Bonchev–Trinajstić information content (AvgIpc) is 2.73. The van der Waals surface area contributed by atoms with Gasteiger partial charge in [-0.15, -0.1) is 0 Å². The molecule has 0 spiro atoms. The quantitative estimate of drug-likeness (QED) is 0.895.